The minimum absolute atomic E-state index is 0.0363. The Morgan fingerprint density at radius 3 is 2.60 bits per heavy atom. The number of rotatable bonds is 3. The molecule has 5 nitrogen and oxygen atoms in total. The second-order valence-electron chi connectivity index (χ2n) is 4.15. The summed E-state index contributed by atoms with van der Waals surface area (Å²) in [6, 6.07) is 5.73. The number of aromatic nitrogens is 1. The molecular weight excluding hydrogens is 321 g/mol. The molecule has 0 amide bonds. The van der Waals surface area contributed by atoms with Gasteiger partial charge in [-0.05, 0) is 36.8 Å². The lowest BCUT2D eigenvalue weighted by molar-refractivity contribution is 0.601. The van der Waals surface area contributed by atoms with Gasteiger partial charge in [-0.1, -0.05) is 23.2 Å². The van der Waals surface area contributed by atoms with Gasteiger partial charge in [-0.25, -0.2) is 13.4 Å². The second-order valence-corrected chi connectivity index (χ2v) is 6.56. The Balaban J connectivity index is 2.43. The largest absolute Gasteiger partial charge is 0.399 e. The Hall–Kier alpha value is -1.50. The van der Waals surface area contributed by atoms with Gasteiger partial charge in [0.1, 0.15) is 4.90 Å². The average molecular weight is 332 g/mol. The molecule has 0 unspecified atom stereocenters. The Morgan fingerprint density at radius 2 is 1.95 bits per heavy atom. The number of benzene rings is 1. The summed E-state index contributed by atoms with van der Waals surface area (Å²) in [7, 11) is -3.86. The van der Waals surface area contributed by atoms with Crippen molar-refractivity contribution < 1.29 is 8.42 Å². The van der Waals surface area contributed by atoms with Crippen LogP contribution in [0.1, 0.15) is 5.56 Å². The topological polar surface area (TPSA) is 85.1 Å². The Morgan fingerprint density at radius 1 is 1.25 bits per heavy atom. The van der Waals surface area contributed by atoms with Crippen molar-refractivity contribution in [2.45, 2.75) is 11.8 Å². The number of nitrogens with zero attached hydrogens (tertiary/aromatic N) is 1. The lowest BCUT2D eigenvalue weighted by Crippen LogP contribution is -2.14. The van der Waals surface area contributed by atoms with Gasteiger partial charge in [0.25, 0.3) is 10.0 Å². The number of halogens is 2. The van der Waals surface area contributed by atoms with Crippen LogP contribution in [0.3, 0.4) is 0 Å². The van der Waals surface area contributed by atoms with Gasteiger partial charge in [0.05, 0.1) is 10.7 Å². The first kappa shape index (κ1) is 14.9. The van der Waals surface area contributed by atoms with Gasteiger partial charge in [0.15, 0.2) is 5.15 Å². The maximum Gasteiger partial charge on any atom is 0.263 e. The molecule has 1 aromatic carbocycles. The highest BCUT2D eigenvalue weighted by Crippen LogP contribution is 2.28. The number of nitrogens with two attached hydrogens (primary N) is 1. The number of hydrogen-bond donors (Lipinski definition) is 2. The molecule has 0 saturated heterocycles. The third-order valence-electron chi connectivity index (χ3n) is 2.47. The van der Waals surface area contributed by atoms with E-state index in [0.29, 0.717) is 5.69 Å². The summed E-state index contributed by atoms with van der Waals surface area (Å²) < 4.78 is 26.9. The summed E-state index contributed by atoms with van der Waals surface area (Å²) in [5.41, 5.74) is 6.88. The molecule has 0 fully saturated rings. The molecule has 0 atom stereocenters. The van der Waals surface area contributed by atoms with Crippen molar-refractivity contribution in [3.05, 3.63) is 46.2 Å². The highest BCUT2D eigenvalue weighted by molar-refractivity contribution is 7.92. The van der Waals surface area contributed by atoms with Gasteiger partial charge in [0.2, 0.25) is 0 Å². The van der Waals surface area contributed by atoms with Crippen molar-refractivity contribution in [3.63, 3.8) is 0 Å². The van der Waals surface area contributed by atoms with Gasteiger partial charge in [-0.2, -0.15) is 0 Å². The van der Waals surface area contributed by atoms with Gasteiger partial charge in [-0.3, -0.25) is 4.72 Å². The fourth-order valence-electron chi connectivity index (χ4n) is 1.56. The SMILES string of the molecule is Cc1cnc(Cl)c(NS(=O)(=O)c2ccc(N)cc2Cl)c1. The predicted octanol–water partition coefficient (Wildman–Crippen LogP) is 3.08. The molecule has 0 aliphatic carbocycles. The van der Waals surface area contributed by atoms with Crippen molar-refractivity contribution in [1.82, 2.24) is 4.98 Å². The summed E-state index contributed by atoms with van der Waals surface area (Å²) in [4.78, 5) is 3.80. The third-order valence-corrected chi connectivity index (χ3v) is 4.62. The van der Waals surface area contributed by atoms with E-state index >= 15 is 0 Å². The van der Waals surface area contributed by atoms with E-state index in [1.54, 1.807) is 13.0 Å². The zero-order chi connectivity index (χ0) is 14.9. The normalized spacial score (nSPS) is 11.3. The van der Waals surface area contributed by atoms with Crippen molar-refractivity contribution in [1.29, 1.82) is 0 Å². The maximum absolute atomic E-state index is 12.3. The van der Waals surface area contributed by atoms with Crippen molar-refractivity contribution in [3.8, 4) is 0 Å². The van der Waals surface area contributed by atoms with Crippen LogP contribution in [0.4, 0.5) is 11.4 Å². The minimum atomic E-state index is -3.86. The number of nitrogens with one attached hydrogen (secondary N) is 1. The molecule has 2 aromatic rings. The lowest BCUT2D eigenvalue weighted by Gasteiger charge is -2.11. The standard InChI is InChI=1S/C12H11Cl2N3O2S/c1-7-4-10(12(14)16-6-7)17-20(18,19)11-3-2-8(15)5-9(11)13/h2-6,17H,15H2,1H3. The van der Waals surface area contributed by atoms with Crippen molar-refractivity contribution in [2.24, 2.45) is 0 Å². The van der Waals surface area contributed by atoms with Gasteiger partial charge in [-0.15, -0.1) is 0 Å². The van der Waals surface area contributed by atoms with Gasteiger partial charge >= 0.3 is 0 Å². The number of pyridine rings is 1. The molecule has 0 saturated carbocycles. The summed E-state index contributed by atoms with van der Waals surface area (Å²) in [6.45, 7) is 1.78. The molecule has 0 spiro atoms. The van der Waals surface area contributed by atoms with E-state index in [9.17, 15) is 8.42 Å². The van der Waals surface area contributed by atoms with Crippen LogP contribution in [0.5, 0.6) is 0 Å². The molecule has 20 heavy (non-hydrogen) atoms. The molecule has 0 aliphatic heterocycles. The van der Waals surface area contributed by atoms with E-state index < -0.39 is 10.0 Å². The van der Waals surface area contributed by atoms with Crippen molar-refractivity contribution >= 4 is 44.6 Å². The van der Waals surface area contributed by atoms with E-state index in [-0.39, 0.29) is 20.8 Å². The maximum atomic E-state index is 12.3. The Bertz CT molecular complexity index is 763. The highest BCUT2D eigenvalue weighted by atomic mass is 35.5. The number of aryl methyl sites for hydroxylation is 1. The molecular formula is C12H11Cl2N3O2S. The molecule has 2 rings (SSSR count). The van der Waals surface area contributed by atoms with E-state index in [2.05, 4.69) is 9.71 Å². The van der Waals surface area contributed by atoms with E-state index in [1.165, 1.54) is 24.4 Å². The van der Waals surface area contributed by atoms with Crippen LogP contribution < -0.4 is 10.5 Å². The van der Waals surface area contributed by atoms with Gasteiger partial charge < -0.3 is 5.73 Å². The second kappa shape index (κ2) is 5.47. The molecule has 0 radical (unpaired) electrons. The lowest BCUT2D eigenvalue weighted by atomic mass is 10.3. The van der Waals surface area contributed by atoms with E-state index in [4.69, 9.17) is 28.9 Å². The Kier molecular flexibility index (Phi) is 4.08. The molecule has 1 heterocycles. The Labute approximate surface area is 126 Å². The smallest absolute Gasteiger partial charge is 0.263 e. The van der Waals surface area contributed by atoms with E-state index in [1.807, 2.05) is 0 Å². The van der Waals surface area contributed by atoms with Crippen LogP contribution in [0.25, 0.3) is 0 Å². The first-order valence-corrected chi connectivity index (χ1v) is 7.73. The van der Waals surface area contributed by atoms with Crippen LogP contribution in [0.2, 0.25) is 10.2 Å². The summed E-state index contributed by atoms with van der Waals surface area (Å²) in [6.07, 6.45) is 1.54. The molecule has 0 bridgehead atoms. The number of nitrogen functional groups attached to an aromatic ring is 1. The van der Waals surface area contributed by atoms with Crippen molar-refractivity contribution in [2.75, 3.05) is 10.5 Å². The number of sulfonamides is 1. The first-order valence-electron chi connectivity index (χ1n) is 5.49. The van der Waals surface area contributed by atoms with Gasteiger partial charge in [0, 0.05) is 11.9 Å². The zero-order valence-electron chi connectivity index (χ0n) is 10.4. The first-order chi connectivity index (χ1) is 9.29. The monoisotopic (exact) mass is 331 g/mol. The number of anilines is 2. The third kappa shape index (κ3) is 3.15. The summed E-state index contributed by atoms with van der Waals surface area (Å²) in [5, 5.41) is 0.0972. The fraction of sp³-hybridized carbons (Fsp3) is 0.0833. The molecule has 106 valence electrons. The minimum Gasteiger partial charge on any atom is -0.399 e. The van der Waals surface area contributed by atoms with Crippen LogP contribution in [-0.2, 0) is 10.0 Å². The predicted molar refractivity (Wildman–Crippen MR) is 80.7 cm³/mol. The number of hydrogen-bond acceptors (Lipinski definition) is 4. The average Bonchev–Trinajstić information content (AvgIpc) is 2.33. The molecule has 3 N–H and O–H groups in total. The summed E-state index contributed by atoms with van der Waals surface area (Å²) in [5.74, 6) is 0. The van der Waals surface area contributed by atoms with Crippen LogP contribution in [0.15, 0.2) is 35.4 Å². The van der Waals surface area contributed by atoms with Crippen LogP contribution in [0, 0.1) is 6.92 Å². The van der Waals surface area contributed by atoms with Crippen LogP contribution >= 0.6 is 23.2 Å². The van der Waals surface area contributed by atoms with E-state index in [0.717, 1.165) is 5.56 Å². The molecule has 1 aromatic heterocycles. The quantitative estimate of drug-likeness (QED) is 0.668. The fourth-order valence-corrected chi connectivity index (χ4v) is 3.38. The zero-order valence-corrected chi connectivity index (χ0v) is 12.7. The molecule has 0 aliphatic rings. The summed E-state index contributed by atoms with van der Waals surface area (Å²) >= 11 is 11.8. The highest BCUT2D eigenvalue weighted by Gasteiger charge is 2.19. The molecule has 8 heteroatoms. The van der Waals surface area contributed by atoms with Crippen LogP contribution in [-0.4, -0.2) is 13.4 Å².